The molecular formula is C17H21NO3. The van der Waals surface area contributed by atoms with E-state index in [1.807, 2.05) is 36.4 Å². The first-order chi connectivity index (χ1) is 10.2. The smallest absolute Gasteiger partial charge is 0.310 e. The number of benzene rings is 2. The van der Waals surface area contributed by atoms with Crippen LogP contribution in [0.4, 0.5) is 0 Å². The Kier molecular flexibility index (Phi) is 5.17. The highest BCUT2D eigenvalue weighted by Crippen LogP contribution is 2.30. The fraction of sp³-hybridized carbons (Fsp3) is 0.353. The minimum Gasteiger partial charge on any atom is -0.496 e. The van der Waals surface area contributed by atoms with E-state index < -0.39 is 0 Å². The highest BCUT2D eigenvalue weighted by atomic mass is 16.5. The number of esters is 1. The Hall–Kier alpha value is -2.07. The van der Waals surface area contributed by atoms with E-state index in [4.69, 9.17) is 15.2 Å². The Morgan fingerprint density at radius 2 is 2.00 bits per heavy atom. The maximum absolute atomic E-state index is 12.0. The van der Waals surface area contributed by atoms with Crippen molar-refractivity contribution in [1.29, 1.82) is 0 Å². The van der Waals surface area contributed by atoms with Gasteiger partial charge in [0.05, 0.1) is 19.6 Å². The number of carbonyl (C=O) groups excluding carboxylic acids is 1. The maximum Gasteiger partial charge on any atom is 0.310 e. The van der Waals surface area contributed by atoms with E-state index in [1.165, 1.54) is 0 Å². The van der Waals surface area contributed by atoms with Crippen LogP contribution >= 0.6 is 0 Å². The van der Waals surface area contributed by atoms with Gasteiger partial charge >= 0.3 is 5.97 Å². The Balaban J connectivity index is 2.41. The normalized spacial score (nSPS) is 12.1. The van der Waals surface area contributed by atoms with Crippen molar-refractivity contribution in [2.75, 3.05) is 20.3 Å². The lowest BCUT2D eigenvalue weighted by Gasteiger charge is -2.17. The fourth-order valence-electron chi connectivity index (χ4n) is 2.49. The van der Waals surface area contributed by atoms with Crippen LogP contribution in [0.1, 0.15) is 12.5 Å². The molecule has 2 rings (SSSR count). The molecule has 2 aromatic carbocycles. The topological polar surface area (TPSA) is 61.5 Å². The molecule has 1 atom stereocenters. The quantitative estimate of drug-likeness (QED) is 0.829. The highest BCUT2D eigenvalue weighted by Gasteiger charge is 2.21. The summed E-state index contributed by atoms with van der Waals surface area (Å²) in [5.41, 5.74) is 6.74. The number of ether oxygens (including phenoxy) is 2. The van der Waals surface area contributed by atoms with Crippen LogP contribution in [0.15, 0.2) is 36.4 Å². The van der Waals surface area contributed by atoms with Crippen molar-refractivity contribution >= 4 is 16.7 Å². The zero-order chi connectivity index (χ0) is 15.2. The summed E-state index contributed by atoms with van der Waals surface area (Å²) in [5, 5.41) is 2.20. The first kappa shape index (κ1) is 15.3. The van der Waals surface area contributed by atoms with Crippen molar-refractivity contribution in [3.05, 3.63) is 42.0 Å². The Morgan fingerprint density at radius 3 is 2.67 bits per heavy atom. The Labute approximate surface area is 124 Å². The second-order valence-electron chi connectivity index (χ2n) is 4.86. The van der Waals surface area contributed by atoms with Crippen LogP contribution in [0.5, 0.6) is 5.75 Å². The van der Waals surface area contributed by atoms with Crippen molar-refractivity contribution in [3.63, 3.8) is 0 Å². The number of hydrogen-bond donors (Lipinski definition) is 1. The van der Waals surface area contributed by atoms with E-state index >= 15 is 0 Å². The van der Waals surface area contributed by atoms with Crippen LogP contribution in [0.2, 0.25) is 0 Å². The largest absolute Gasteiger partial charge is 0.496 e. The molecule has 0 saturated carbocycles. The molecule has 112 valence electrons. The summed E-state index contributed by atoms with van der Waals surface area (Å²) in [6, 6.07) is 12.0. The molecule has 0 bridgehead atoms. The molecular weight excluding hydrogens is 266 g/mol. The van der Waals surface area contributed by atoms with Gasteiger partial charge in [-0.15, -0.1) is 0 Å². The molecule has 0 aliphatic rings. The van der Waals surface area contributed by atoms with Crippen molar-refractivity contribution in [1.82, 2.24) is 0 Å². The number of methoxy groups -OCH3 is 1. The molecule has 0 fully saturated rings. The lowest BCUT2D eigenvalue weighted by atomic mass is 9.94. The first-order valence-electron chi connectivity index (χ1n) is 7.12. The molecule has 0 radical (unpaired) electrons. The zero-order valence-electron chi connectivity index (χ0n) is 12.5. The van der Waals surface area contributed by atoms with E-state index in [0.717, 1.165) is 22.1 Å². The summed E-state index contributed by atoms with van der Waals surface area (Å²) in [6.45, 7) is 2.41. The molecule has 4 heteroatoms. The van der Waals surface area contributed by atoms with Gasteiger partial charge in [-0.1, -0.05) is 30.3 Å². The van der Waals surface area contributed by atoms with Crippen molar-refractivity contribution < 1.29 is 14.3 Å². The summed E-state index contributed by atoms with van der Waals surface area (Å²) in [6.07, 6.45) is 0.514. The van der Waals surface area contributed by atoms with Crippen molar-refractivity contribution in [2.45, 2.75) is 13.3 Å². The number of rotatable bonds is 6. The highest BCUT2D eigenvalue weighted by molar-refractivity contribution is 5.88. The van der Waals surface area contributed by atoms with E-state index in [2.05, 4.69) is 0 Å². The van der Waals surface area contributed by atoms with Crippen LogP contribution in [-0.4, -0.2) is 26.2 Å². The van der Waals surface area contributed by atoms with Crippen LogP contribution in [0.25, 0.3) is 10.8 Å². The Bertz CT molecular complexity index is 624. The van der Waals surface area contributed by atoms with Crippen molar-refractivity contribution in [2.24, 2.45) is 11.7 Å². The van der Waals surface area contributed by atoms with Gasteiger partial charge < -0.3 is 15.2 Å². The molecule has 0 amide bonds. The van der Waals surface area contributed by atoms with E-state index in [-0.39, 0.29) is 18.4 Å². The summed E-state index contributed by atoms with van der Waals surface area (Å²) in [5.74, 6) is 0.163. The van der Waals surface area contributed by atoms with Gasteiger partial charge in [0.15, 0.2) is 0 Å². The summed E-state index contributed by atoms with van der Waals surface area (Å²) in [4.78, 5) is 12.0. The lowest BCUT2D eigenvalue weighted by Crippen LogP contribution is -2.27. The summed E-state index contributed by atoms with van der Waals surface area (Å²) >= 11 is 0. The molecule has 0 heterocycles. The predicted octanol–water partition coefficient (Wildman–Crippen LogP) is 2.53. The van der Waals surface area contributed by atoms with Gasteiger partial charge in [-0.05, 0) is 30.2 Å². The average Bonchev–Trinajstić information content (AvgIpc) is 2.52. The molecule has 0 spiro atoms. The van der Waals surface area contributed by atoms with Gasteiger partial charge in [-0.3, -0.25) is 4.79 Å². The molecule has 1 unspecified atom stereocenters. The summed E-state index contributed by atoms with van der Waals surface area (Å²) in [7, 11) is 1.63. The molecule has 21 heavy (non-hydrogen) atoms. The molecule has 0 aliphatic carbocycles. The van der Waals surface area contributed by atoms with Crippen LogP contribution in [0, 0.1) is 5.92 Å². The molecule has 2 N–H and O–H groups in total. The third-order valence-electron chi connectivity index (χ3n) is 3.57. The Morgan fingerprint density at radius 1 is 1.24 bits per heavy atom. The van der Waals surface area contributed by atoms with Gasteiger partial charge in [-0.25, -0.2) is 0 Å². The monoisotopic (exact) mass is 287 g/mol. The number of carbonyl (C=O) groups is 1. The first-order valence-corrected chi connectivity index (χ1v) is 7.12. The molecule has 4 nitrogen and oxygen atoms in total. The van der Waals surface area contributed by atoms with Gasteiger partial charge in [0.25, 0.3) is 0 Å². The van der Waals surface area contributed by atoms with Gasteiger partial charge in [0, 0.05) is 12.1 Å². The zero-order valence-corrected chi connectivity index (χ0v) is 12.5. The van der Waals surface area contributed by atoms with E-state index in [9.17, 15) is 4.79 Å². The third kappa shape index (κ3) is 3.34. The van der Waals surface area contributed by atoms with E-state index in [1.54, 1.807) is 14.0 Å². The number of fused-ring (bicyclic) bond motifs is 1. The van der Waals surface area contributed by atoms with Crippen LogP contribution < -0.4 is 10.5 Å². The SMILES string of the molecule is CCOC(=O)C(CN)Cc1c(OC)ccc2ccccc12. The van der Waals surface area contributed by atoms with Gasteiger partial charge in [0.1, 0.15) is 5.75 Å². The molecule has 0 aromatic heterocycles. The van der Waals surface area contributed by atoms with Gasteiger partial charge in [0.2, 0.25) is 0 Å². The summed E-state index contributed by atoms with van der Waals surface area (Å²) < 4.78 is 10.5. The fourth-order valence-corrected chi connectivity index (χ4v) is 2.49. The van der Waals surface area contributed by atoms with Crippen LogP contribution in [-0.2, 0) is 16.0 Å². The second kappa shape index (κ2) is 7.09. The average molecular weight is 287 g/mol. The second-order valence-corrected chi connectivity index (χ2v) is 4.86. The standard InChI is InChI=1S/C17H21NO3/c1-3-21-17(19)13(11-18)10-15-14-7-5-4-6-12(14)8-9-16(15)20-2/h4-9,13H,3,10-11,18H2,1-2H3. The number of nitrogens with two attached hydrogens (primary N) is 1. The lowest BCUT2D eigenvalue weighted by molar-refractivity contribution is -0.147. The van der Waals surface area contributed by atoms with Crippen LogP contribution in [0.3, 0.4) is 0 Å². The minimum absolute atomic E-state index is 0.255. The third-order valence-corrected chi connectivity index (χ3v) is 3.57. The number of hydrogen-bond acceptors (Lipinski definition) is 4. The van der Waals surface area contributed by atoms with E-state index in [0.29, 0.717) is 13.0 Å². The molecule has 2 aromatic rings. The predicted molar refractivity (Wildman–Crippen MR) is 83.4 cm³/mol. The minimum atomic E-state index is -0.357. The van der Waals surface area contributed by atoms with Gasteiger partial charge in [-0.2, -0.15) is 0 Å². The van der Waals surface area contributed by atoms with Crippen molar-refractivity contribution in [3.8, 4) is 5.75 Å². The maximum atomic E-state index is 12.0. The molecule has 0 saturated heterocycles. The molecule has 0 aliphatic heterocycles.